The Kier molecular flexibility index (Phi) is 5.58. The second-order valence-corrected chi connectivity index (χ2v) is 9.39. The molecule has 1 nitrogen and oxygen atoms in total. The standard InChI is InChI=1S/C17H31NS/c1-4-18-19(12-10-15(2)3)13-11-17(14-19)16-8-6-5-7-9-16/h11,13-16,18H,4-10,12H2,1-3H3. The van der Waals surface area contributed by atoms with Gasteiger partial charge in [0.05, 0.1) is 0 Å². The summed E-state index contributed by atoms with van der Waals surface area (Å²) in [5.41, 5.74) is 1.65. The Morgan fingerprint density at radius 3 is 2.63 bits per heavy atom. The molecule has 1 N–H and O–H groups in total. The Bertz CT molecular complexity index is 339. The summed E-state index contributed by atoms with van der Waals surface area (Å²) in [4.78, 5) is 0. The molecule has 0 bridgehead atoms. The van der Waals surface area contributed by atoms with E-state index in [-0.39, 0.29) is 0 Å². The molecule has 0 aromatic carbocycles. The van der Waals surface area contributed by atoms with Crippen molar-refractivity contribution in [3.63, 3.8) is 0 Å². The molecule has 1 unspecified atom stereocenters. The van der Waals surface area contributed by atoms with E-state index in [1.807, 2.05) is 0 Å². The smallest absolute Gasteiger partial charge is 0.00210 e. The van der Waals surface area contributed by atoms with Gasteiger partial charge in [-0.1, -0.05) is 46.1 Å². The Labute approximate surface area is 121 Å². The van der Waals surface area contributed by atoms with Crippen molar-refractivity contribution in [2.45, 2.75) is 59.3 Å². The van der Waals surface area contributed by atoms with Crippen molar-refractivity contribution in [1.29, 1.82) is 0 Å². The van der Waals surface area contributed by atoms with E-state index in [2.05, 4.69) is 42.4 Å². The summed E-state index contributed by atoms with van der Waals surface area (Å²) in [6, 6.07) is 0. The molecular weight excluding hydrogens is 250 g/mol. The number of rotatable bonds is 6. The average molecular weight is 282 g/mol. The van der Waals surface area contributed by atoms with E-state index >= 15 is 0 Å². The first-order valence-corrected chi connectivity index (χ1v) is 10.0. The van der Waals surface area contributed by atoms with Crippen LogP contribution >= 0.6 is 10.2 Å². The maximum atomic E-state index is 3.80. The van der Waals surface area contributed by atoms with Crippen molar-refractivity contribution in [3.8, 4) is 0 Å². The molecule has 110 valence electrons. The second kappa shape index (κ2) is 6.99. The molecule has 19 heavy (non-hydrogen) atoms. The van der Waals surface area contributed by atoms with Crippen LogP contribution in [0.15, 0.2) is 22.5 Å². The minimum absolute atomic E-state index is 0.797. The van der Waals surface area contributed by atoms with Crippen LogP contribution in [-0.4, -0.2) is 12.3 Å². The fourth-order valence-electron chi connectivity index (χ4n) is 3.18. The number of hydrogen-bond acceptors (Lipinski definition) is 1. The summed E-state index contributed by atoms with van der Waals surface area (Å²) in [6.45, 7) is 8.00. The summed E-state index contributed by atoms with van der Waals surface area (Å²) in [7, 11) is -0.797. The molecule has 1 saturated carbocycles. The van der Waals surface area contributed by atoms with Crippen molar-refractivity contribution in [2.24, 2.45) is 11.8 Å². The summed E-state index contributed by atoms with van der Waals surface area (Å²) in [5, 5.41) is 5.15. The van der Waals surface area contributed by atoms with Gasteiger partial charge in [0.1, 0.15) is 0 Å². The van der Waals surface area contributed by atoms with Crippen LogP contribution in [0.4, 0.5) is 0 Å². The van der Waals surface area contributed by atoms with Crippen molar-refractivity contribution < 1.29 is 0 Å². The highest BCUT2D eigenvalue weighted by atomic mass is 32.3. The summed E-state index contributed by atoms with van der Waals surface area (Å²) in [5.74, 6) is 2.99. The molecule has 0 spiro atoms. The van der Waals surface area contributed by atoms with Gasteiger partial charge < -0.3 is 0 Å². The lowest BCUT2D eigenvalue weighted by molar-refractivity contribution is 0.409. The van der Waals surface area contributed by atoms with Gasteiger partial charge in [-0.25, -0.2) is 0 Å². The van der Waals surface area contributed by atoms with Crippen LogP contribution in [0.2, 0.25) is 0 Å². The van der Waals surface area contributed by atoms with Crippen molar-refractivity contribution in [1.82, 2.24) is 4.72 Å². The van der Waals surface area contributed by atoms with E-state index in [4.69, 9.17) is 0 Å². The zero-order valence-corrected chi connectivity index (χ0v) is 13.8. The Hall–Kier alpha value is -0.210. The molecule has 0 aromatic heterocycles. The first-order valence-electron chi connectivity index (χ1n) is 8.10. The molecule has 2 heteroatoms. The molecule has 0 amide bonds. The van der Waals surface area contributed by atoms with E-state index in [0.29, 0.717) is 0 Å². The lowest BCUT2D eigenvalue weighted by atomic mass is 9.84. The molecule has 1 fully saturated rings. The van der Waals surface area contributed by atoms with Gasteiger partial charge in [0.15, 0.2) is 0 Å². The molecule has 0 saturated heterocycles. The van der Waals surface area contributed by atoms with E-state index in [1.54, 1.807) is 5.57 Å². The Balaban J connectivity index is 2.04. The van der Waals surface area contributed by atoms with Crippen molar-refractivity contribution in [3.05, 3.63) is 22.5 Å². The van der Waals surface area contributed by atoms with Gasteiger partial charge in [-0.05, 0) is 53.2 Å². The number of nitrogens with one attached hydrogen (secondary N) is 1. The van der Waals surface area contributed by atoms with Gasteiger partial charge in [-0.15, -0.1) is 10.2 Å². The Morgan fingerprint density at radius 2 is 2.00 bits per heavy atom. The van der Waals surface area contributed by atoms with E-state index in [9.17, 15) is 0 Å². The second-order valence-electron chi connectivity index (χ2n) is 6.49. The van der Waals surface area contributed by atoms with Gasteiger partial charge in [0.25, 0.3) is 0 Å². The highest BCUT2D eigenvalue weighted by molar-refractivity contribution is 8.37. The molecule has 1 aliphatic heterocycles. The van der Waals surface area contributed by atoms with Crippen LogP contribution in [0, 0.1) is 11.8 Å². The molecule has 2 aliphatic rings. The SMILES string of the molecule is CCNS1(CCC(C)C)C=CC(C2CCCCC2)=C1. The highest BCUT2D eigenvalue weighted by Crippen LogP contribution is 2.54. The molecule has 1 heterocycles. The monoisotopic (exact) mass is 281 g/mol. The first-order chi connectivity index (χ1) is 9.15. The predicted molar refractivity (Wildman–Crippen MR) is 89.4 cm³/mol. The molecule has 1 aliphatic carbocycles. The van der Waals surface area contributed by atoms with Crippen LogP contribution in [0.5, 0.6) is 0 Å². The van der Waals surface area contributed by atoms with Gasteiger partial charge in [0.2, 0.25) is 0 Å². The van der Waals surface area contributed by atoms with E-state index < -0.39 is 10.2 Å². The van der Waals surface area contributed by atoms with Crippen LogP contribution in [0.3, 0.4) is 0 Å². The van der Waals surface area contributed by atoms with Crippen LogP contribution in [-0.2, 0) is 0 Å². The minimum Gasteiger partial charge on any atom is -0.274 e. The first kappa shape index (κ1) is 15.2. The molecular formula is C17H31NS. The average Bonchev–Trinajstić information content (AvgIpc) is 2.83. The van der Waals surface area contributed by atoms with Gasteiger partial charge in [0, 0.05) is 6.54 Å². The topological polar surface area (TPSA) is 12.0 Å². The zero-order chi connectivity index (χ0) is 13.7. The van der Waals surface area contributed by atoms with E-state index in [1.165, 1.54) is 44.3 Å². The maximum Gasteiger partial charge on any atom is 0.00210 e. The third-order valence-corrected chi connectivity index (χ3v) is 7.42. The van der Waals surface area contributed by atoms with Gasteiger partial charge >= 0.3 is 0 Å². The van der Waals surface area contributed by atoms with Crippen LogP contribution in [0.1, 0.15) is 59.3 Å². The lowest BCUT2D eigenvalue weighted by Crippen LogP contribution is -2.19. The number of allylic oxidation sites excluding steroid dienone is 2. The predicted octanol–water partition coefficient (Wildman–Crippen LogP) is 5.35. The fourth-order valence-corrected chi connectivity index (χ4v) is 6.39. The van der Waals surface area contributed by atoms with E-state index in [0.717, 1.165) is 18.4 Å². The Morgan fingerprint density at radius 1 is 1.26 bits per heavy atom. The zero-order valence-electron chi connectivity index (χ0n) is 13.0. The van der Waals surface area contributed by atoms with Crippen molar-refractivity contribution >= 4 is 10.2 Å². The molecule has 0 radical (unpaired) electrons. The summed E-state index contributed by atoms with van der Waals surface area (Å²) < 4.78 is 3.80. The van der Waals surface area contributed by atoms with Crippen molar-refractivity contribution in [2.75, 3.05) is 12.3 Å². The largest absolute Gasteiger partial charge is 0.274 e. The minimum atomic E-state index is -0.797. The summed E-state index contributed by atoms with van der Waals surface area (Å²) >= 11 is 0. The molecule has 2 rings (SSSR count). The molecule has 1 atom stereocenters. The third-order valence-electron chi connectivity index (χ3n) is 4.37. The maximum absolute atomic E-state index is 3.80. The number of hydrogen-bond donors (Lipinski definition) is 1. The highest BCUT2D eigenvalue weighted by Gasteiger charge is 2.26. The van der Waals surface area contributed by atoms with Gasteiger partial charge in [-0.2, -0.15) is 0 Å². The lowest BCUT2D eigenvalue weighted by Gasteiger charge is -2.34. The summed E-state index contributed by atoms with van der Waals surface area (Å²) in [6.07, 6.45) is 10.9. The van der Waals surface area contributed by atoms with Crippen LogP contribution in [0.25, 0.3) is 0 Å². The van der Waals surface area contributed by atoms with Crippen LogP contribution < -0.4 is 4.72 Å². The fraction of sp³-hybridized carbons (Fsp3) is 0.765. The molecule has 0 aromatic rings. The quantitative estimate of drug-likeness (QED) is 0.691. The van der Waals surface area contributed by atoms with Gasteiger partial charge in [-0.3, -0.25) is 4.72 Å². The normalized spacial score (nSPS) is 31.5. The third kappa shape index (κ3) is 4.13.